The molecular formula is C14H21BrN2O. The molecule has 0 aliphatic carbocycles. The summed E-state index contributed by atoms with van der Waals surface area (Å²) in [6.07, 6.45) is 2.35. The molecule has 1 rings (SSSR count). The zero-order chi connectivity index (χ0) is 13.5. The Morgan fingerprint density at radius 3 is 2.83 bits per heavy atom. The Morgan fingerprint density at radius 1 is 1.50 bits per heavy atom. The number of nitrogens with zero attached hydrogens (tertiary/aromatic N) is 1. The first-order valence-corrected chi connectivity index (χ1v) is 7.06. The average Bonchev–Trinajstić information content (AvgIpc) is 2.29. The third-order valence-corrected chi connectivity index (χ3v) is 3.32. The van der Waals surface area contributed by atoms with E-state index in [1.165, 1.54) is 0 Å². The Hall–Kier alpha value is -0.870. The second-order valence-electron chi connectivity index (χ2n) is 4.63. The van der Waals surface area contributed by atoms with Crippen LogP contribution in [0.3, 0.4) is 0 Å². The van der Waals surface area contributed by atoms with Crippen molar-refractivity contribution in [3.63, 3.8) is 0 Å². The highest BCUT2D eigenvalue weighted by Gasteiger charge is 2.13. The van der Waals surface area contributed by atoms with E-state index in [1.54, 1.807) is 4.90 Å². The number of benzene rings is 1. The second-order valence-corrected chi connectivity index (χ2v) is 5.55. The lowest BCUT2D eigenvalue weighted by Crippen LogP contribution is -2.32. The molecule has 0 aromatic heterocycles. The van der Waals surface area contributed by atoms with E-state index in [4.69, 9.17) is 5.73 Å². The third-order valence-electron chi connectivity index (χ3n) is 2.83. The molecule has 18 heavy (non-hydrogen) atoms. The van der Waals surface area contributed by atoms with Crippen LogP contribution >= 0.6 is 15.9 Å². The Bertz CT molecular complexity index is 395. The van der Waals surface area contributed by atoms with Gasteiger partial charge in [0.05, 0.1) is 0 Å². The first-order chi connectivity index (χ1) is 8.52. The third kappa shape index (κ3) is 5.19. The maximum Gasteiger partial charge on any atom is 0.224 e. The Kier molecular flexibility index (Phi) is 6.36. The quantitative estimate of drug-likeness (QED) is 0.878. The lowest BCUT2D eigenvalue weighted by molar-refractivity contribution is -0.130. The molecule has 0 saturated heterocycles. The summed E-state index contributed by atoms with van der Waals surface area (Å²) in [6.45, 7) is 2.70. The van der Waals surface area contributed by atoms with Crippen molar-refractivity contribution in [2.75, 3.05) is 7.05 Å². The van der Waals surface area contributed by atoms with Crippen LogP contribution in [0.15, 0.2) is 28.7 Å². The Balaban J connectivity index is 2.49. The highest BCUT2D eigenvalue weighted by molar-refractivity contribution is 9.10. The first-order valence-electron chi connectivity index (χ1n) is 6.27. The number of hydrogen-bond donors (Lipinski definition) is 1. The molecule has 1 atom stereocenters. The average molecular weight is 313 g/mol. The highest BCUT2D eigenvalue weighted by Crippen LogP contribution is 2.13. The fraction of sp³-hybridized carbons (Fsp3) is 0.500. The fourth-order valence-corrected chi connectivity index (χ4v) is 2.30. The molecular weight excluding hydrogens is 292 g/mol. The minimum absolute atomic E-state index is 0.0209. The van der Waals surface area contributed by atoms with Crippen molar-refractivity contribution >= 4 is 21.8 Å². The molecule has 2 N–H and O–H groups in total. The normalized spacial score (nSPS) is 12.2. The summed E-state index contributed by atoms with van der Waals surface area (Å²) in [5, 5.41) is 0. The highest BCUT2D eigenvalue weighted by atomic mass is 79.9. The van der Waals surface area contributed by atoms with Crippen molar-refractivity contribution in [2.24, 2.45) is 5.73 Å². The van der Waals surface area contributed by atoms with Gasteiger partial charge in [0.25, 0.3) is 0 Å². The van der Waals surface area contributed by atoms with Gasteiger partial charge in [-0.25, -0.2) is 0 Å². The molecule has 0 aliphatic rings. The topological polar surface area (TPSA) is 46.3 Å². The van der Waals surface area contributed by atoms with Crippen LogP contribution in [-0.4, -0.2) is 23.9 Å². The molecule has 4 heteroatoms. The van der Waals surface area contributed by atoms with Crippen molar-refractivity contribution in [3.8, 4) is 0 Å². The van der Waals surface area contributed by atoms with E-state index >= 15 is 0 Å². The predicted octanol–water partition coefficient (Wildman–Crippen LogP) is 2.93. The molecule has 1 unspecified atom stereocenters. The molecule has 1 aromatic carbocycles. The van der Waals surface area contributed by atoms with Crippen LogP contribution < -0.4 is 5.73 Å². The van der Waals surface area contributed by atoms with Crippen LogP contribution in [0, 0.1) is 0 Å². The van der Waals surface area contributed by atoms with E-state index < -0.39 is 0 Å². The van der Waals surface area contributed by atoms with Gasteiger partial charge in [-0.15, -0.1) is 0 Å². The fourth-order valence-electron chi connectivity index (χ4n) is 1.85. The van der Waals surface area contributed by atoms with E-state index in [2.05, 4.69) is 22.9 Å². The van der Waals surface area contributed by atoms with E-state index in [9.17, 15) is 4.79 Å². The van der Waals surface area contributed by atoms with Crippen molar-refractivity contribution in [2.45, 2.75) is 38.8 Å². The lowest BCUT2D eigenvalue weighted by atomic mass is 10.1. The molecule has 0 saturated carbocycles. The molecule has 0 bridgehead atoms. The Morgan fingerprint density at radius 2 is 2.22 bits per heavy atom. The molecule has 0 heterocycles. The molecule has 0 fully saturated rings. The second kappa shape index (κ2) is 7.54. The summed E-state index contributed by atoms with van der Waals surface area (Å²) in [5.41, 5.74) is 7.00. The number of amides is 1. The van der Waals surface area contributed by atoms with Gasteiger partial charge in [-0.3, -0.25) is 4.79 Å². The molecule has 1 aromatic rings. The van der Waals surface area contributed by atoms with Crippen LogP contribution in [-0.2, 0) is 11.3 Å². The standard InChI is InChI=1S/C14H21BrN2O/c1-3-5-13(16)9-14(18)17(2)10-11-6-4-7-12(15)8-11/h4,6-8,13H,3,5,9-10,16H2,1-2H3. The maximum absolute atomic E-state index is 12.0. The van der Waals surface area contributed by atoms with Gasteiger partial charge in [-0.05, 0) is 24.1 Å². The van der Waals surface area contributed by atoms with Gasteiger partial charge in [-0.1, -0.05) is 41.4 Å². The van der Waals surface area contributed by atoms with Crippen molar-refractivity contribution in [1.82, 2.24) is 4.90 Å². The van der Waals surface area contributed by atoms with Gasteiger partial charge in [0.1, 0.15) is 0 Å². The van der Waals surface area contributed by atoms with Crippen molar-refractivity contribution in [1.29, 1.82) is 0 Å². The minimum Gasteiger partial charge on any atom is -0.341 e. The zero-order valence-corrected chi connectivity index (χ0v) is 12.6. The monoisotopic (exact) mass is 312 g/mol. The van der Waals surface area contributed by atoms with Gasteiger partial charge in [0, 0.05) is 30.5 Å². The van der Waals surface area contributed by atoms with E-state index in [0.29, 0.717) is 13.0 Å². The van der Waals surface area contributed by atoms with Crippen molar-refractivity contribution in [3.05, 3.63) is 34.3 Å². The molecule has 100 valence electrons. The van der Waals surface area contributed by atoms with Gasteiger partial charge in [0.2, 0.25) is 5.91 Å². The summed E-state index contributed by atoms with van der Waals surface area (Å²) in [4.78, 5) is 13.7. The molecule has 0 spiro atoms. The zero-order valence-electron chi connectivity index (χ0n) is 11.0. The molecule has 0 aliphatic heterocycles. The van der Waals surface area contributed by atoms with Gasteiger partial charge < -0.3 is 10.6 Å². The lowest BCUT2D eigenvalue weighted by Gasteiger charge is -2.19. The number of carbonyl (C=O) groups is 1. The number of hydrogen-bond acceptors (Lipinski definition) is 2. The van der Waals surface area contributed by atoms with E-state index in [0.717, 1.165) is 22.9 Å². The van der Waals surface area contributed by atoms with Crippen LogP contribution in [0.1, 0.15) is 31.7 Å². The summed E-state index contributed by atoms with van der Waals surface area (Å²) in [6, 6.07) is 7.96. The van der Waals surface area contributed by atoms with Gasteiger partial charge in [0.15, 0.2) is 0 Å². The summed E-state index contributed by atoms with van der Waals surface area (Å²) < 4.78 is 1.03. The van der Waals surface area contributed by atoms with E-state index in [1.807, 2.05) is 31.3 Å². The Labute approximate surface area is 117 Å². The van der Waals surface area contributed by atoms with E-state index in [-0.39, 0.29) is 11.9 Å². The van der Waals surface area contributed by atoms with Crippen LogP contribution in [0.4, 0.5) is 0 Å². The molecule has 3 nitrogen and oxygen atoms in total. The number of carbonyl (C=O) groups excluding carboxylic acids is 1. The number of rotatable bonds is 6. The van der Waals surface area contributed by atoms with Gasteiger partial charge in [-0.2, -0.15) is 0 Å². The summed E-state index contributed by atoms with van der Waals surface area (Å²) >= 11 is 3.43. The van der Waals surface area contributed by atoms with Crippen LogP contribution in [0.2, 0.25) is 0 Å². The maximum atomic E-state index is 12.0. The van der Waals surface area contributed by atoms with Gasteiger partial charge >= 0.3 is 0 Å². The minimum atomic E-state index is -0.0209. The largest absolute Gasteiger partial charge is 0.341 e. The van der Waals surface area contributed by atoms with Crippen LogP contribution in [0.25, 0.3) is 0 Å². The van der Waals surface area contributed by atoms with Crippen LogP contribution in [0.5, 0.6) is 0 Å². The smallest absolute Gasteiger partial charge is 0.224 e. The summed E-state index contributed by atoms with van der Waals surface area (Å²) in [5.74, 6) is 0.107. The predicted molar refractivity (Wildman–Crippen MR) is 78.1 cm³/mol. The van der Waals surface area contributed by atoms with Crippen molar-refractivity contribution < 1.29 is 4.79 Å². The SMILES string of the molecule is CCCC(N)CC(=O)N(C)Cc1cccc(Br)c1. The first kappa shape index (κ1) is 15.2. The molecule has 1 amide bonds. The number of halogens is 1. The molecule has 0 radical (unpaired) electrons. The number of nitrogens with two attached hydrogens (primary N) is 1. The summed E-state index contributed by atoms with van der Waals surface area (Å²) in [7, 11) is 1.82.